The molecule has 2 aliphatic carbocycles. The summed E-state index contributed by atoms with van der Waals surface area (Å²) in [6, 6.07) is 8.65. The molecular formula is C14H12. The van der Waals surface area contributed by atoms with E-state index >= 15 is 0 Å². The molecule has 0 saturated carbocycles. The van der Waals surface area contributed by atoms with Crippen LogP contribution in [0.3, 0.4) is 0 Å². The van der Waals surface area contributed by atoms with Crippen molar-refractivity contribution in [2.45, 2.75) is 6.42 Å². The summed E-state index contributed by atoms with van der Waals surface area (Å²) in [4.78, 5) is 0. The summed E-state index contributed by atoms with van der Waals surface area (Å²) in [7, 11) is 0. The first-order valence-electron chi connectivity index (χ1n) is 5.09. The third-order valence-corrected chi connectivity index (χ3v) is 2.99. The molecule has 68 valence electrons. The molecule has 0 saturated heterocycles. The molecule has 0 nitrogen and oxygen atoms in total. The third kappa shape index (κ3) is 1.07. The number of rotatable bonds is 0. The Hall–Kier alpha value is -1.56. The molecule has 2 aliphatic rings. The second-order valence-electron chi connectivity index (χ2n) is 3.83. The molecule has 0 heteroatoms. The first-order valence-corrected chi connectivity index (χ1v) is 5.09. The Morgan fingerprint density at radius 3 is 3.00 bits per heavy atom. The minimum atomic E-state index is 0.606. The largest absolute Gasteiger partial charge is 0.0767 e. The minimum Gasteiger partial charge on any atom is -0.0767 e. The highest BCUT2D eigenvalue weighted by Gasteiger charge is 2.13. The molecular weight excluding hydrogens is 168 g/mol. The normalized spacial score (nSPS) is 22.6. The highest BCUT2D eigenvalue weighted by Crippen LogP contribution is 2.23. The number of fused-ring (bicyclic) bond motifs is 2. The monoisotopic (exact) mass is 180 g/mol. The van der Waals surface area contributed by atoms with Gasteiger partial charge in [0.05, 0.1) is 0 Å². The van der Waals surface area contributed by atoms with E-state index in [1.54, 1.807) is 0 Å². The molecule has 0 N–H and O–H groups in total. The van der Waals surface area contributed by atoms with Gasteiger partial charge in [0, 0.05) is 5.92 Å². The van der Waals surface area contributed by atoms with E-state index in [9.17, 15) is 0 Å². The van der Waals surface area contributed by atoms with Crippen molar-refractivity contribution in [2.75, 3.05) is 0 Å². The fourth-order valence-electron chi connectivity index (χ4n) is 2.27. The number of hydrogen-bond donors (Lipinski definition) is 0. The van der Waals surface area contributed by atoms with E-state index in [2.05, 4.69) is 54.6 Å². The maximum atomic E-state index is 2.34. The quantitative estimate of drug-likeness (QED) is 0.570. The van der Waals surface area contributed by atoms with Crippen molar-refractivity contribution < 1.29 is 0 Å². The van der Waals surface area contributed by atoms with Crippen molar-refractivity contribution in [2.24, 2.45) is 5.92 Å². The van der Waals surface area contributed by atoms with Crippen LogP contribution in [0.25, 0.3) is 11.6 Å². The van der Waals surface area contributed by atoms with Gasteiger partial charge >= 0.3 is 0 Å². The molecule has 1 atom stereocenters. The Balaban J connectivity index is 2.40. The van der Waals surface area contributed by atoms with Crippen LogP contribution in [0.2, 0.25) is 0 Å². The lowest BCUT2D eigenvalue weighted by molar-refractivity contribution is 0.863. The molecule has 1 aromatic carbocycles. The number of benzene rings is 1. The van der Waals surface area contributed by atoms with Crippen LogP contribution >= 0.6 is 0 Å². The number of hydrogen-bond acceptors (Lipinski definition) is 0. The molecule has 0 aliphatic heterocycles. The Labute approximate surface area is 83.6 Å². The summed E-state index contributed by atoms with van der Waals surface area (Å²) in [5, 5.41) is 2.79. The Morgan fingerprint density at radius 2 is 2.00 bits per heavy atom. The molecule has 1 unspecified atom stereocenters. The zero-order chi connectivity index (χ0) is 9.38. The van der Waals surface area contributed by atoms with Gasteiger partial charge in [-0.1, -0.05) is 54.6 Å². The van der Waals surface area contributed by atoms with Crippen molar-refractivity contribution in [1.29, 1.82) is 0 Å². The zero-order valence-corrected chi connectivity index (χ0v) is 7.98. The van der Waals surface area contributed by atoms with Crippen LogP contribution < -0.4 is 10.4 Å². The van der Waals surface area contributed by atoms with Gasteiger partial charge in [-0.2, -0.15) is 0 Å². The van der Waals surface area contributed by atoms with E-state index in [4.69, 9.17) is 0 Å². The zero-order valence-electron chi connectivity index (χ0n) is 7.98. The Kier molecular flexibility index (Phi) is 1.66. The first kappa shape index (κ1) is 7.81. The standard InChI is InChI=1S/C14H12/c1-3-7-13-11(5-1)9-10-12-6-2-4-8-14(12)13/h1-9,12H,10H2. The van der Waals surface area contributed by atoms with Gasteiger partial charge in [0.1, 0.15) is 0 Å². The predicted molar refractivity (Wildman–Crippen MR) is 60.0 cm³/mol. The van der Waals surface area contributed by atoms with Gasteiger partial charge in [-0.3, -0.25) is 0 Å². The molecule has 14 heavy (non-hydrogen) atoms. The highest BCUT2D eigenvalue weighted by molar-refractivity contribution is 5.66. The Morgan fingerprint density at radius 1 is 1.07 bits per heavy atom. The second-order valence-corrected chi connectivity index (χ2v) is 3.83. The summed E-state index contributed by atoms with van der Waals surface area (Å²) in [6.07, 6.45) is 12.3. The van der Waals surface area contributed by atoms with Crippen molar-refractivity contribution in [3.05, 3.63) is 59.0 Å². The van der Waals surface area contributed by atoms with Gasteiger partial charge in [-0.25, -0.2) is 0 Å². The number of allylic oxidation sites excluding steroid dienone is 4. The van der Waals surface area contributed by atoms with Crippen LogP contribution in [0.5, 0.6) is 0 Å². The summed E-state index contributed by atoms with van der Waals surface area (Å²) >= 11 is 0. The van der Waals surface area contributed by atoms with Crippen LogP contribution in [0, 0.1) is 5.92 Å². The topological polar surface area (TPSA) is 0 Å². The molecule has 0 bridgehead atoms. The van der Waals surface area contributed by atoms with E-state index in [0.29, 0.717) is 5.92 Å². The van der Waals surface area contributed by atoms with E-state index in [1.165, 1.54) is 16.0 Å². The van der Waals surface area contributed by atoms with Crippen LogP contribution in [-0.4, -0.2) is 0 Å². The average Bonchev–Trinajstić information content (AvgIpc) is 2.29. The van der Waals surface area contributed by atoms with Gasteiger partial charge in [0.2, 0.25) is 0 Å². The maximum Gasteiger partial charge on any atom is 0.00620 e. The molecule has 3 rings (SSSR count). The third-order valence-electron chi connectivity index (χ3n) is 2.99. The van der Waals surface area contributed by atoms with Crippen LogP contribution in [0.4, 0.5) is 0 Å². The Bertz CT molecular complexity index is 529. The van der Waals surface area contributed by atoms with Crippen molar-refractivity contribution in [3.8, 4) is 0 Å². The van der Waals surface area contributed by atoms with Gasteiger partial charge in [0.25, 0.3) is 0 Å². The minimum absolute atomic E-state index is 0.606. The molecule has 0 spiro atoms. The van der Waals surface area contributed by atoms with Crippen molar-refractivity contribution in [3.63, 3.8) is 0 Å². The van der Waals surface area contributed by atoms with Gasteiger partial charge in [-0.15, -0.1) is 0 Å². The molecule has 0 amide bonds. The predicted octanol–water partition coefficient (Wildman–Crippen LogP) is 1.76. The second kappa shape index (κ2) is 2.98. The summed E-state index contributed by atoms with van der Waals surface area (Å²) in [5.74, 6) is 0.606. The van der Waals surface area contributed by atoms with Gasteiger partial charge < -0.3 is 0 Å². The molecule has 0 heterocycles. The lowest BCUT2D eigenvalue weighted by Crippen LogP contribution is -2.31. The van der Waals surface area contributed by atoms with Crippen LogP contribution in [-0.2, 0) is 0 Å². The summed E-state index contributed by atoms with van der Waals surface area (Å²) in [5.41, 5.74) is 1.48. The van der Waals surface area contributed by atoms with E-state index in [1.807, 2.05) is 0 Å². The summed E-state index contributed by atoms with van der Waals surface area (Å²) in [6.45, 7) is 0. The molecule has 1 aromatic rings. The van der Waals surface area contributed by atoms with Crippen molar-refractivity contribution >= 4 is 11.6 Å². The van der Waals surface area contributed by atoms with Gasteiger partial charge in [0.15, 0.2) is 0 Å². The smallest absolute Gasteiger partial charge is 0.00620 e. The average molecular weight is 180 g/mol. The lowest BCUT2D eigenvalue weighted by atomic mass is 9.86. The SMILES string of the molecule is C1=CC2=c3ccccc3=CCC2C=C1. The maximum absolute atomic E-state index is 2.34. The molecule has 0 fully saturated rings. The fraction of sp³-hybridized carbons (Fsp3) is 0.143. The molecule has 0 aromatic heterocycles. The van der Waals surface area contributed by atoms with E-state index in [0.717, 1.165) is 6.42 Å². The fourth-order valence-corrected chi connectivity index (χ4v) is 2.27. The lowest BCUT2D eigenvalue weighted by Gasteiger charge is -2.18. The molecule has 0 radical (unpaired) electrons. The van der Waals surface area contributed by atoms with Crippen LogP contribution in [0.1, 0.15) is 6.42 Å². The van der Waals surface area contributed by atoms with Gasteiger partial charge in [-0.05, 0) is 22.4 Å². The van der Waals surface area contributed by atoms with Crippen molar-refractivity contribution in [1.82, 2.24) is 0 Å². The highest BCUT2D eigenvalue weighted by atomic mass is 14.2. The van der Waals surface area contributed by atoms with E-state index in [-0.39, 0.29) is 0 Å². The van der Waals surface area contributed by atoms with Crippen LogP contribution in [0.15, 0.2) is 48.6 Å². The van der Waals surface area contributed by atoms with E-state index < -0.39 is 0 Å². The first-order chi connectivity index (χ1) is 6.95. The summed E-state index contributed by atoms with van der Waals surface area (Å²) < 4.78 is 0.